The SMILES string of the molecule is COc1ccc(S(=O)(=O)N2CCN(c3ccc(F)cc3)CC2)cc1NC(=O)c1ccc(Cl)cc1Cl. The summed E-state index contributed by atoms with van der Waals surface area (Å²) in [6.45, 7) is 1.43. The zero-order chi connectivity index (χ0) is 25.2. The molecule has 0 unspecified atom stereocenters. The number of nitrogens with one attached hydrogen (secondary N) is 1. The number of carbonyl (C=O) groups excluding carboxylic acids is 1. The third-order valence-corrected chi connectivity index (χ3v) is 8.11. The van der Waals surface area contributed by atoms with Crippen LogP contribution in [0.1, 0.15) is 10.4 Å². The Kier molecular flexibility index (Phi) is 7.51. The van der Waals surface area contributed by atoms with Crippen LogP contribution in [0.5, 0.6) is 5.75 Å². The normalized spacial score (nSPS) is 14.6. The molecule has 0 aromatic heterocycles. The van der Waals surface area contributed by atoms with Crippen molar-refractivity contribution in [3.05, 3.63) is 82.1 Å². The number of hydrogen-bond donors (Lipinski definition) is 1. The first kappa shape index (κ1) is 25.2. The number of rotatable bonds is 6. The number of ether oxygens (including phenoxy) is 1. The summed E-state index contributed by atoms with van der Waals surface area (Å²) in [5.74, 6) is -0.563. The third kappa shape index (κ3) is 5.54. The zero-order valence-electron chi connectivity index (χ0n) is 18.7. The molecule has 1 amide bonds. The van der Waals surface area contributed by atoms with Gasteiger partial charge in [-0.15, -0.1) is 0 Å². The van der Waals surface area contributed by atoms with Crippen molar-refractivity contribution in [3.63, 3.8) is 0 Å². The molecule has 0 saturated carbocycles. The molecule has 1 saturated heterocycles. The fraction of sp³-hybridized carbons (Fsp3) is 0.208. The van der Waals surface area contributed by atoms with Crippen LogP contribution in [0, 0.1) is 5.82 Å². The molecule has 0 bridgehead atoms. The van der Waals surface area contributed by atoms with Crippen LogP contribution in [-0.4, -0.2) is 51.9 Å². The lowest BCUT2D eigenvalue weighted by molar-refractivity contribution is 0.102. The van der Waals surface area contributed by atoms with E-state index >= 15 is 0 Å². The summed E-state index contributed by atoms with van der Waals surface area (Å²) < 4.78 is 46.6. The summed E-state index contributed by atoms with van der Waals surface area (Å²) in [5.41, 5.74) is 1.21. The summed E-state index contributed by atoms with van der Waals surface area (Å²) in [4.78, 5) is 14.8. The molecule has 1 heterocycles. The van der Waals surface area contributed by atoms with E-state index in [1.54, 1.807) is 12.1 Å². The molecule has 0 aliphatic carbocycles. The second kappa shape index (κ2) is 10.4. The first-order chi connectivity index (χ1) is 16.7. The lowest BCUT2D eigenvalue weighted by Crippen LogP contribution is -2.48. The van der Waals surface area contributed by atoms with Crippen molar-refractivity contribution < 1.29 is 22.3 Å². The Morgan fingerprint density at radius 2 is 1.66 bits per heavy atom. The van der Waals surface area contributed by atoms with Crippen LogP contribution in [0.2, 0.25) is 10.0 Å². The van der Waals surface area contributed by atoms with E-state index in [0.717, 1.165) is 5.69 Å². The fourth-order valence-electron chi connectivity index (χ4n) is 3.80. The van der Waals surface area contributed by atoms with Crippen molar-refractivity contribution in [1.82, 2.24) is 4.31 Å². The van der Waals surface area contributed by atoms with E-state index in [-0.39, 0.29) is 40.1 Å². The average molecular weight is 538 g/mol. The van der Waals surface area contributed by atoms with Crippen LogP contribution in [0.25, 0.3) is 0 Å². The average Bonchev–Trinajstić information content (AvgIpc) is 2.84. The maximum atomic E-state index is 13.3. The molecule has 1 aliphatic heterocycles. The van der Waals surface area contributed by atoms with E-state index in [2.05, 4.69) is 5.32 Å². The van der Waals surface area contributed by atoms with Crippen molar-refractivity contribution >= 4 is 50.5 Å². The molecule has 0 radical (unpaired) electrons. The Morgan fingerprint density at radius 3 is 2.29 bits per heavy atom. The number of anilines is 2. The molecule has 1 fully saturated rings. The Labute approximate surface area is 213 Å². The van der Waals surface area contributed by atoms with E-state index in [1.807, 2.05) is 4.90 Å². The third-order valence-electron chi connectivity index (χ3n) is 5.66. The number of carbonyl (C=O) groups is 1. The minimum atomic E-state index is -3.84. The summed E-state index contributed by atoms with van der Waals surface area (Å²) in [6.07, 6.45) is 0. The molecule has 11 heteroatoms. The molecule has 1 aliphatic rings. The highest BCUT2D eigenvalue weighted by molar-refractivity contribution is 7.89. The molecular weight excluding hydrogens is 516 g/mol. The van der Waals surface area contributed by atoms with Gasteiger partial charge in [0, 0.05) is 36.9 Å². The van der Waals surface area contributed by atoms with Crippen LogP contribution in [0.15, 0.2) is 65.6 Å². The van der Waals surface area contributed by atoms with Crippen LogP contribution in [0.4, 0.5) is 15.8 Å². The number of methoxy groups -OCH3 is 1. The van der Waals surface area contributed by atoms with Crippen molar-refractivity contribution in [2.24, 2.45) is 0 Å². The van der Waals surface area contributed by atoms with Gasteiger partial charge >= 0.3 is 0 Å². The number of nitrogens with zero attached hydrogens (tertiary/aromatic N) is 2. The summed E-state index contributed by atoms with van der Waals surface area (Å²) in [6, 6.07) is 14.8. The first-order valence-electron chi connectivity index (χ1n) is 10.6. The van der Waals surface area contributed by atoms with Crippen LogP contribution in [-0.2, 0) is 10.0 Å². The van der Waals surface area contributed by atoms with Gasteiger partial charge in [0.2, 0.25) is 10.0 Å². The van der Waals surface area contributed by atoms with Crippen LogP contribution in [0.3, 0.4) is 0 Å². The largest absolute Gasteiger partial charge is 0.495 e. The van der Waals surface area contributed by atoms with Gasteiger partial charge in [-0.1, -0.05) is 23.2 Å². The van der Waals surface area contributed by atoms with Gasteiger partial charge in [0.15, 0.2) is 0 Å². The van der Waals surface area contributed by atoms with Gasteiger partial charge < -0.3 is 15.0 Å². The van der Waals surface area contributed by atoms with Gasteiger partial charge in [-0.3, -0.25) is 4.79 Å². The number of benzene rings is 3. The van der Waals surface area contributed by atoms with E-state index in [4.69, 9.17) is 27.9 Å². The van der Waals surface area contributed by atoms with Gasteiger partial charge in [-0.2, -0.15) is 4.31 Å². The van der Waals surface area contributed by atoms with Gasteiger partial charge in [0.1, 0.15) is 11.6 Å². The Hall–Kier alpha value is -2.85. The van der Waals surface area contributed by atoms with Crippen molar-refractivity contribution in [2.45, 2.75) is 4.90 Å². The smallest absolute Gasteiger partial charge is 0.257 e. The first-order valence-corrected chi connectivity index (χ1v) is 12.8. The number of hydrogen-bond acceptors (Lipinski definition) is 5. The number of halogens is 3. The number of piperazine rings is 1. The summed E-state index contributed by atoms with van der Waals surface area (Å²) in [5, 5.41) is 3.22. The van der Waals surface area contributed by atoms with Crippen LogP contribution >= 0.6 is 23.2 Å². The molecule has 3 aromatic rings. The predicted molar refractivity (Wildman–Crippen MR) is 135 cm³/mol. The molecule has 4 rings (SSSR count). The van der Waals surface area contributed by atoms with Crippen LogP contribution < -0.4 is 15.0 Å². The summed E-state index contributed by atoms with van der Waals surface area (Å²) >= 11 is 12.0. The Balaban J connectivity index is 1.53. The van der Waals surface area contributed by atoms with Gasteiger partial charge in [0.25, 0.3) is 5.91 Å². The topological polar surface area (TPSA) is 79.0 Å². The van der Waals surface area contributed by atoms with Gasteiger partial charge in [-0.05, 0) is 60.7 Å². The minimum absolute atomic E-state index is 0.0195. The molecule has 1 N–H and O–H groups in total. The second-order valence-corrected chi connectivity index (χ2v) is 10.6. The molecule has 7 nitrogen and oxygen atoms in total. The minimum Gasteiger partial charge on any atom is -0.495 e. The second-order valence-electron chi connectivity index (χ2n) is 7.81. The lowest BCUT2D eigenvalue weighted by atomic mass is 10.2. The van der Waals surface area contributed by atoms with E-state index in [0.29, 0.717) is 23.9 Å². The lowest BCUT2D eigenvalue weighted by Gasteiger charge is -2.35. The maximum absolute atomic E-state index is 13.3. The zero-order valence-corrected chi connectivity index (χ0v) is 21.0. The van der Waals surface area contributed by atoms with Crippen molar-refractivity contribution in [1.29, 1.82) is 0 Å². The molecule has 3 aromatic carbocycles. The quantitative estimate of drug-likeness (QED) is 0.483. The molecule has 35 heavy (non-hydrogen) atoms. The number of amides is 1. The highest BCUT2D eigenvalue weighted by Crippen LogP contribution is 2.31. The van der Waals surface area contributed by atoms with E-state index in [1.165, 1.54) is 59.9 Å². The fourth-order valence-corrected chi connectivity index (χ4v) is 5.74. The summed E-state index contributed by atoms with van der Waals surface area (Å²) in [7, 11) is -2.42. The highest BCUT2D eigenvalue weighted by atomic mass is 35.5. The Bertz CT molecular complexity index is 1350. The molecule has 0 atom stereocenters. The van der Waals surface area contributed by atoms with Crippen molar-refractivity contribution in [3.8, 4) is 5.75 Å². The standard InChI is InChI=1S/C24H22Cl2FN3O4S/c1-34-23-9-7-19(15-22(23)28-24(31)20-8-2-16(25)14-21(20)26)35(32,33)30-12-10-29(11-13-30)18-5-3-17(27)4-6-18/h2-9,14-15H,10-13H2,1H3,(H,28,31). The maximum Gasteiger partial charge on any atom is 0.257 e. The molecular formula is C24H22Cl2FN3O4S. The van der Waals surface area contributed by atoms with Gasteiger partial charge in [-0.25, -0.2) is 12.8 Å². The number of sulfonamides is 1. The van der Waals surface area contributed by atoms with Crippen molar-refractivity contribution in [2.75, 3.05) is 43.5 Å². The molecule has 0 spiro atoms. The van der Waals surface area contributed by atoms with Gasteiger partial charge in [0.05, 0.1) is 28.3 Å². The Morgan fingerprint density at radius 1 is 0.971 bits per heavy atom. The monoisotopic (exact) mass is 537 g/mol. The predicted octanol–water partition coefficient (Wildman–Crippen LogP) is 4.90. The van der Waals surface area contributed by atoms with E-state index < -0.39 is 15.9 Å². The molecule has 184 valence electrons. The highest BCUT2D eigenvalue weighted by Gasteiger charge is 2.29. The van der Waals surface area contributed by atoms with E-state index in [9.17, 15) is 17.6 Å².